The lowest BCUT2D eigenvalue weighted by Crippen LogP contribution is -2.57. The van der Waals surface area contributed by atoms with Crippen molar-refractivity contribution in [3.63, 3.8) is 0 Å². The molecule has 3 aromatic rings. The van der Waals surface area contributed by atoms with E-state index in [1.54, 1.807) is 30.5 Å². The summed E-state index contributed by atoms with van der Waals surface area (Å²) in [6.45, 7) is 4.36. The zero-order chi connectivity index (χ0) is 25.7. The average Bonchev–Trinajstić information content (AvgIpc) is 2.85. The van der Waals surface area contributed by atoms with E-state index in [4.69, 9.17) is 0 Å². The quantitative estimate of drug-likeness (QED) is 0.318. The fourth-order valence-electron chi connectivity index (χ4n) is 6.25. The summed E-state index contributed by atoms with van der Waals surface area (Å²) in [4.78, 5) is 10.1. The smallest absolute Gasteiger partial charge is 0.214 e. The highest BCUT2D eigenvalue weighted by Gasteiger charge is 2.54. The van der Waals surface area contributed by atoms with Gasteiger partial charge in [0.05, 0.1) is 22.8 Å². The number of anilines is 1. The van der Waals surface area contributed by atoms with E-state index in [1.165, 1.54) is 17.8 Å². The molecule has 2 heterocycles. The van der Waals surface area contributed by atoms with Gasteiger partial charge in [-0.1, -0.05) is 26.3 Å². The van der Waals surface area contributed by atoms with Crippen molar-refractivity contribution >= 4 is 17.6 Å². The van der Waals surface area contributed by atoms with Crippen LogP contribution in [0.15, 0.2) is 41.6 Å². The van der Waals surface area contributed by atoms with Gasteiger partial charge >= 0.3 is 0 Å². The highest BCUT2D eigenvalue weighted by atomic mass is 32.2. The van der Waals surface area contributed by atoms with Crippen molar-refractivity contribution in [2.75, 3.05) is 18.2 Å². The molecule has 0 saturated heterocycles. The third-order valence-electron chi connectivity index (χ3n) is 8.02. The van der Waals surface area contributed by atoms with Crippen LogP contribution >= 0.6 is 11.8 Å². The molecule has 4 atom stereocenters. The van der Waals surface area contributed by atoms with Gasteiger partial charge < -0.3 is 10.0 Å². The van der Waals surface area contributed by atoms with Crippen LogP contribution in [-0.2, 0) is 0 Å². The van der Waals surface area contributed by atoms with Crippen LogP contribution in [0.25, 0.3) is 22.5 Å². The monoisotopic (exact) mass is 511 g/mol. The molecule has 0 aliphatic heterocycles. The van der Waals surface area contributed by atoms with Crippen molar-refractivity contribution < 1.29 is 13.9 Å². The van der Waals surface area contributed by atoms with E-state index in [0.29, 0.717) is 27.5 Å². The molecule has 5 rings (SSSR count). The van der Waals surface area contributed by atoms with Crippen molar-refractivity contribution in [2.24, 2.45) is 10.8 Å². The second-order valence-electron chi connectivity index (χ2n) is 10.9. The molecule has 0 amide bonds. The van der Waals surface area contributed by atoms with Gasteiger partial charge in [-0.05, 0) is 66.7 Å². The molecule has 9 heteroatoms. The lowest BCUT2D eigenvalue weighted by atomic mass is 9.54. The van der Waals surface area contributed by atoms with E-state index in [2.05, 4.69) is 34.0 Å². The molecule has 36 heavy (non-hydrogen) atoms. The molecule has 2 saturated carbocycles. The van der Waals surface area contributed by atoms with Crippen LogP contribution in [0, 0.1) is 16.8 Å². The Kier molecular flexibility index (Phi) is 6.39. The van der Waals surface area contributed by atoms with Gasteiger partial charge in [-0.3, -0.25) is 0 Å². The molecule has 2 aliphatic rings. The van der Waals surface area contributed by atoms with Gasteiger partial charge in [-0.2, -0.15) is 4.39 Å². The maximum atomic E-state index is 15.7. The molecule has 2 bridgehead atoms. The lowest BCUT2D eigenvalue weighted by molar-refractivity contribution is -0.0540. The summed E-state index contributed by atoms with van der Waals surface area (Å²) in [5, 5.41) is 19.8. The standard InChI is InChI=1S/C27H31F2N5OS/c1-26-8-5-9-27(2,15-26)24(29)19(13-26)34(3)22-14-30-25(33-32-22)18-7-6-16(10-20(18)35)17-11-21(28)31-23(12-17)36-4/h6-7,10-12,14,19,24,35H,5,8-9,13,15H2,1-4H3/t19-,24-,26-,27-/m1/s1. The number of aromatic hydroxyl groups is 1. The lowest BCUT2D eigenvalue weighted by Gasteiger charge is -2.55. The second-order valence-corrected chi connectivity index (χ2v) is 11.7. The van der Waals surface area contributed by atoms with Gasteiger partial charge in [0.25, 0.3) is 0 Å². The maximum absolute atomic E-state index is 15.7. The Morgan fingerprint density at radius 2 is 1.92 bits per heavy atom. The Bertz CT molecular complexity index is 1280. The highest BCUT2D eigenvalue weighted by Crippen LogP contribution is 2.57. The number of nitrogens with zero attached hydrogens (tertiary/aromatic N) is 5. The van der Waals surface area contributed by atoms with Gasteiger partial charge in [-0.15, -0.1) is 22.0 Å². The molecule has 6 nitrogen and oxygen atoms in total. The number of aromatic nitrogens is 4. The van der Waals surface area contributed by atoms with Crippen molar-refractivity contribution in [3.05, 3.63) is 42.5 Å². The van der Waals surface area contributed by atoms with Crippen molar-refractivity contribution in [3.8, 4) is 28.3 Å². The van der Waals surface area contributed by atoms with E-state index < -0.39 is 12.1 Å². The molecule has 0 spiro atoms. The van der Waals surface area contributed by atoms with E-state index >= 15 is 4.39 Å². The van der Waals surface area contributed by atoms with Crippen LogP contribution in [0.4, 0.5) is 14.6 Å². The van der Waals surface area contributed by atoms with Crippen molar-refractivity contribution in [2.45, 2.75) is 63.2 Å². The molecule has 1 aromatic carbocycles. The molecule has 0 radical (unpaired) electrons. The topological polar surface area (TPSA) is 75.0 Å². The molecule has 1 N–H and O–H groups in total. The predicted octanol–water partition coefficient (Wildman–Crippen LogP) is 6.30. The van der Waals surface area contributed by atoms with Gasteiger partial charge in [0.2, 0.25) is 5.95 Å². The fourth-order valence-corrected chi connectivity index (χ4v) is 6.68. The summed E-state index contributed by atoms with van der Waals surface area (Å²) in [6, 6.07) is 7.82. The van der Waals surface area contributed by atoms with Crippen LogP contribution < -0.4 is 4.90 Å². The number of thioether (sulfide) groups is 1. The molecule has 2 fully saturated rings. The summed E-state index contributed by atoms with van der Waals surface area (Å²) >= 11 is 1.34. The third-order valence-corrected chi connectivity index (χ3v) is 8.65. The largest absolute Gasteiger partial charge is 0.507 e. The number of rotatable bonds is 5. The molecule has 2 aliphatic carbocycles. The minimum atomic E-state index is -0.946. The first-order chi connectivity index (χ1) is 17.1. The number of fused-ring (bicyclic) bond motifs is 2. The number of halogens is 2. The fraction of sp³-hybridized carbons (Fsp3) is 0.481. The first kappa shape index (κ1) is 24.9. The van der Waals surface area contributed by atoms with Crippen LogP contribution in [0.3, 0.4) is 0 Å². The van der Waals surface area contributed by atoms with Crippen LogP contribution in [0.5, 0.6) is 5.75 Å². The molecular formula is C27H31F2N5OS. The van der Waals surface area contributed by atoms with E-state index in [-0.39, 0.29) is 28.4 Å². The first-order valence-corrected chi connectivity index (χ1v) is 13.5. The zero-order valence-corrected chi connectivity index (χ0v) is 21.8. The summed E-state index contributed by atoms with van der Waals surface area (Å²) in [5.74, 6) is 0.153. The summed E-state index contributed by atoms with van der Waals surface area (Å²) in [7, 11) is 1.86. The van der Waals surface area contributed by atoms with Gasteiger partial charge in [0.1, 0.15) is 11.9 Å². The SMILES string of the molecule is CSc1cc(-c2ccc(-c3ncc(N(C)[C@@H]4C[C@@]5(C)CCC[C@](C)(C5)[C@@H]4F)nn3)c(O)c2)cc(F)n1. The number of alkyl halides is 1. The molecule has 190 valence electrons. The van der Waals surface area contributed by atoms with Crippen LogP contribution in [0.2, 0.25) is 0 Å². The minimum Gasteiger partial charge on any atom is -0.507 e. The van der Waals surface area contributed by atoms with Gasteiger partial charge in [0, 0.05) is 18.5 Å². The first-order valence-electron chi connectivity index (χ1n) is 12.2. The van der Waals surface area contributed by atoms with E-state index in [9.17, 15) is 9.50 Å². The Balaban J connectivity index is 1.38. The van der Waals surface area contributed by atoms with E-state index in [1.807, 2.05) is 18.2 Å². The Labute approximate surface area is 214 Å². The number of phenols is 1. The highest BCUT2D eigenvalue weighted by molar-refractivity contribution is 7.98. The number of benzene rings is 1. The molecule has 0 unspecified atom stereocenters. The molecule has 2 aromatic heterocycles. The third kappa shape index (κ3) is 4.53. The maximum Gasteiger partial charge on any atom is 0.214 e. The van der Waals surface area contributed by atoms with Crippen LogP contribution in [0.1, 0.15) is 46.0 Å². The van der Waals surface area contributed by atoms with Gasteiger partial charge in [0.15, 0.2) is 11.6 Å². The van der Waals surface area contributed by atoms with Crippen molar-refractivity contribution in [1.82, 2.24) is 20.2 Å². The number of phenolic OH excluding ortho intramolecular Hbond substituents is 1. The number of hydrogen-bond acceptors (Lipinski definition) is 7. The van der Waals surface area contributed by atoms with Crippen LogP contribution in [-0.4, -0.2) is 50.8 Å². The average molecular weight is 512 g/mol. The minimum absolute atomic E-state index is 0.0388. The summed E-state index contributed by atoms with van der Waals surface area (Å²) in [5.41, 5.74) is 1.50. The van der Waals surface area contributed by atoms with Gasteiger partial charge in [-0.25, -0.2) is 14.4 Å². The Morgan fingerprint density at radius 1 is 1.11 bits per heavy atom. The second kappa shape index (κ2) is 9.25. The number of hydrogen-bond donors (Lipinski definition) is 1. The zero-order valence-electron chi connectivity index (χ0n) is 21.0. The Morgan fingerprint density at radius 3 is 2.61 bits per heavy atom. The summed E-state index contributed by atoms with van der Waals surface area (Å²) in [6.07, 6.45) is 7.29. The Hall–Kier alpha value is -2.81. The van der Waals surface area contributed by atoms with E-state index in [0.717, 1.165) is 32.1 Å². The van der Waals surface area contributed by atoms with Crippen molar-refractivity contribution in [1.29, 1.82) is 0 Å². The summed E-state index contributed by atoms with van der Waals surface area (Å²) < 4.78 is 29.6. The predicted molar refractivity (Wildman–Crippen MR) is 138 cm³/mol. The number of pyridine rings is 1. The molecular weight excluding hydrogens is 480 g/mol. The normalized spacial score (nSPS) is 27.6.